The van der Waals surface area contributed by atoms with Crippen molar-refractivity contribution < 1.29 is 22.4 Å². The maximum atomic E-state index is 13.9. The number of benzene rings is 2. The highest BCUT2D eigenvalue weighted by Crippen LogP contribution is 2.35. The quantitative estimate of drug-likeness (QED) is 0.452. The van der Waals surface area contributed by atoms with Crippen molar-refractivity contribution in [1.82, 2.24) is 0 Å². The number of carbonyl (C=O) groups is 1. The Kier molecular flexibility index (Phi) is 4.53. The fourth-order valence-electron chi connectivity index (χ4n) is 1.72. The summed E-state index contributed by atoms with van der Waals surface area (Å²) in [5.41, 5.74) is -1.51. The van der Waals surface area contributed by atoms with Gasteiger partial charge in [-0.1, -0.05) is 22.0 Å². The summed E-state index contributed by atoms with van der Waals surface area (Å²) in [6, 6.07) is 7.08. The van der Waals surface area contributed by atoms with E-state index in [0.717, 1.165) is 6.07 Å². The zero-order chi connectivity index (χ0) is 15.8. The summed E-state index contributed by atoms with van der Waals surface area (Å²) in [5.74, 6) is -1.62. The van der Waals surface area contributed by atoms with E-state index in [2.05, 4.69) is 31.9 Å². The van der Waals surface area contributed by atoms with Crippen LogP contribution in [0.2, 0.25) is 0 Å². The highest BCUT2D eigenvalue weighted by atomic mass is 79.9. The van der Waals surface area contributed by atoms with Crippen LogP contribution in [0.5, 0.6) is 0 Å². The van der Waals surface area contributed by atoms with Crippen molar-refractivity contribution in [2.75, 3.05) is 0 Å². The second kappa shape index (κ2) is 5.88. The van der Waals surface area contributed by atoms with Gasteiger partial charge in [-0.15, -0.1) is 0 Å². The largest absolute Gasteiger partial charge is 0.417 e. The molecule has 0 aliphatic rings. The van der Waals surface area contributed by atoms with Gasteiger partial charge in [0.2, 0.25) is 0 Å². The SMILES string of the molecule is O=C(c1ccc(Br)c(C(F)(F)F)c1)c1cccc(Br)c1F. The van der Waals surface area contributed by atoms with Gasteiger partial charge in [-0.3, -0.25) is 4.79 Å². The maximum Gasteiger partial charge on any atom is 0.417 e. The van der Waals surface area contributed by atoms with Gasteiger partial charge in [0.05, 0.1) is 15.6 Å². The minimum Gasteiger partial charge on any atom is -0.288 e. The molecule has 0 bridgehead atoms. The molecule has 0 N–H and O–H groups in total. The van der Waals surface area contributed by atoms with Crippen LogP contribution < -0.4 is 0 Å². The molecule has 110 valence electrons. The summed E-state index contributed by atoms with van der Waals surface area (Å²) in [6.07, 6.45) is -4.61. The number of hydrogen-bond donors (Lipinski definition) is 0. The van der Waals surface area contributed by atoms with Crippen LogP contribution in [0.15, 0.2) is 45.3 Å². The topological polar surface area (TPSA) is 17.1 Å². The van der Waals surface area contributed by atoms with Gasteiger partial charge < -0.3 is 0 Å². The van der Waals surface area contributed by atoms with Crippen LogP contribution in [0.25, 0.3) is 0 Å². The molecule has 0 atom stereocenters. The second-order valence-corrected chi connectivity index (χ2v) is 5.83. The van der Waals surface area contributed by atoms with Crippen LogP contribution in [0.4, 0.5) is 17.6 Å². The summed E-state index contributed by atoms with van der Waals surface area (Å²) < 4.78 is 52.2. The minimum absolute atomic E-state index is 0.0708. The van der Waals surface area contributed by atoms with Crippen LogP contribution in [0, 0.1) is 5.82 Å². The predicted octanol–water partition coefficient (Wildman–Crippen LogP) is 5.60. The molecule has 0 unspecified atom stereocenters. The second-order valence-electron chi connectivity index (χ2n) is 4.12. The van der Waals surface area contributed by atoms with Crippen molar-refractivity contribution in [3.8, 4) is 0 Å². The minimum atomic E-state index is -4.61. The first-order chi connectivity index (χ1) is 9.71. The summed E-state index contributed by atoms with van der Waals surface area (Å²) in [4.78, 5) is 12.2. The molecule has 0 heterocycles. The number of ketones is 1. The van der Waals surface area contributed by atoms with E-state index in [1.165, 1.54) is 24.3 Å². The molecule has 0 saturated heterocycles. The van der Waals surface area contributed by atoms with Gasteiger partial charge >= 0.3 is 6.18 Å². The Morgan fingerprint density at radius 2 is 1.67 bits per heavy atom. The van der Waals surface area contributed by atoms with Crippen LogP contribution in [0.1, 0.15) is 21.5 Å². The van der Waals surface area contributed by atoms with E-state index in [1.807, 2.05) is 0 Å². The molecule has 7 heteroatoms. The number of rotatable bonds is 2. The molecule has 0 spiro atoms. The Morgan fingerprint density at radius 3 is 2.29 bits per heavy atom. The van der Waals surface area contributed by atoms with Gasteiger partial charge in [0, 0.05) is 10.0 Å². The first kappa shape index (κ1) is 16.2. The van der Waals surface area contributed by atoms with Crippen molar-refractivity contribution in [3.63, 3.8) is 0 Å². The molecule has 0 saturated carbocycles. The normalized spacial score (nSPS) is 11.5. The van der Waals surface area contributed by atoms with E-state index in [1.54, 1.807) is 0 Å². The van der Waals surface area contributed by atoms with E-state index in [-0.39, 0.29) is 20.1 Å². The third-order valence-electron chi connectivity index (χ3n) is 2.73. The lowest BCUT2D eigenvalue weighted by molar-refractivity contribution is -0.138. The molecule has 0 aromatic heterocycles. The highest BCUT2D eigenvalue weighted by Gasteiger charge is 2.33. The third kappa shape index (κ3) is 3.35. The lowest BCUT2D eigenvalue weighted by Crippen LogP contribution is -2.10. The average molecular weight is 426 g/mol. The van der Waals surface area contributed by atoms with Gasteiger partial charge in [0.25, 0.3) is 0 Å². The van der Waals surface area contributed by atoms with E-state index in [9.17, 15) is 22.4 Å². The Balaban J connectivity index is 2.52. The molecular formula is C14H6Br2F4O. The molecule has 0 amide bonds. The molecule has 2 aromatic carbocycles. The van der Waals surface area contributed by atoms with Crippen LogP contribution in [-0.2, 0) is 6.18 Å². The molecule has 0 aliphatic heterocycles. The van der Waals surface area contributed by atoms with Gasteiger partial charge in [-0.2, -0.15) is 13.2 Å². The van der Waals surface area contributed by atoms with Crippen LogP contribution in [-0.4, -0.2) is 5.78 Å². The number of halogens is 6. The Labute approximate surface area is 134 Å². The monoisotopic (exact) mass is 424 g/mol. The zero-order valence-corrected chi connectivity index (χ0v) is 13.3. The smallest absolute Gasteiger partial charge is 0.288 e. The van der Waals surface area contributed by atoms with Gasteiger partial charge in [0.1, 0.15) is 5.82 Å². The van der Waals surface area contributed by atoms with E-state index < -0.39 is 23.3 Å². The van der Waals surface area contributed by atoms with Crippen LogP contribution in [0.3, 0.4) is 0 Å². The van der Waals surface area contributed by atoms with E-state index in [4.69, 9.17) is 0 Å². The molecule has 2 aromatic rings. The molecular weight excluding hydrogens is 420 g/mol. The van der Waals surface area contributed by atoms with E-state index >= 15 is 0 Å². The Morgan fingerprint density at radius 1 is 1.00 bits per heavy atom. The summed E-state index contributed by atoms with van der Waals surface area (Å²) in [6.45, 7) is 0. The summed E-state index contributed by atoms with van der Waals surface area (Å²) in [7, 11) is 0. The van der Waals surface area contributed by atoms with Crippen molar-refractivity contribution >= 4 is 37.6 Å². The lowest BCUT2D eigenvalue weighted by atomic mass is 10.0. The molecule has 0 aliphatic carbocycles. The fraction of sp³-hybridized carbons (Fsp3) is 0.0714. The molecule has 1 nitrogen and oxygen atoms in total. The molecule has 0 radical (unpaired) electrons. The number of alkyl halides is 3. The first-order valence-corrected chi connectivity index (χ1v) is 7.16. The zero-order valence-electron chi connectivity index (χ0n) is 10.1. The predicted molar refractivity (Wildman–Crippen MR) is 76.7 cm³/mol. The van der Waals surface area contributed by atoms with Gasteiger partial charge in [-0.05, 0) is 46.3 Å². The Bertz CT molecular complexity index is 711. The van der Waals surface area contributed by atoms with Crippen molar-refractivity contribution in [3.05, 3.63) is 67.9 Å². The molecule has 2 rings (SSSR count). The van der Waals surface area contributed by atoms with Crippen molar-refractivity contribution in [2.45, 2.75) is 6.18 Å². The fourth-order valence-corrected chi connectivity index (χ4v) is 2.56. The summed E-state index contributed by atoms with van der Waals surface area (Å²) in [5, 5.41) is 0. The third-order valence-corrected chi connectivity index (χ3v) is 4.03. The molecule has 21 heavy (non-hydrogen) atoms. The van der Waals surface area contributed by atoms with Gasteiger partial charge in [-0.25, -0.2) is 4.39 Å². The number of hydrogen-bond acceptors (Lipinski definition) is 1. The Hall–Kier alpha value is -1.21. The molecule has 0 fully saturated rings. The average Bonchev–Trinajstić information content (AvgIpc) is 2.40. The maximum absolute atomic E-state index is 13.9. The standard InChI is InChI=1S/C14H6Br2F4O/c15-10-5-4-7(6-9(10)14(18,19)20)13(21)8-2-1-3-11(16)12(8)17/h1-6H. The lowest BCUT2D eigenvalue weighted by Gasteiger charge is -2.11. The highest BCUT2D eigenvalue weighted by molar-refractivity contribution is 9.10. The van der Waals surface area contributed by atoms with Crippen molar-refractivity contribution in [1.29, 1.82) is 0 Å². The number of carbonyl (C=O) groups excluding carboxylic acids is 1. The first-order valence-electron chi connectivity index (χ1n) is 5.57. The van der Waals surface area contributed by atoms with Gasteiger partial charge in [0.15, 0.2) is 5.78 Å². The van der Waals surface area contributed by atoms with Crippen molar-refractivity contribution in [2.24, 2.45) is 0 Å². The van der Waals surface area contributed by atoms with E-state index in [0.29, 0.717) is 6.07 Å². The summed E-state index contributed by atoms with van der Waals surface area (Å²) >= 11 is 5.71. The van der Waals surface area contributed by atoms with Crippen LogP contribution >= 0.6 is 31.9 Å².